The highest BCUT2D eigenvalue weighted by Crippen LogP contribution is 2.40. The predicted octanol–water partition coefficient (Wildman–Crippen LogP) is 0.633. The molecule has 0 saturated carbocycles. The smallest absolute Gasteiger partial charge is 0.216 e. The highest BCUT2D eigenvalue weighted by molar-refractivity contribution is 5.72. The van der Waals surface area contributed by atoms with E-state index in [-0.39, 0.29) is 18.9 Å². The van der Waals surface area contributed by atoms with E-state index in [4.69, 9.17) is 14.2 Å². The Kier molecular flexibility index (Phi) is 6.94. The van der Waals surface area contributed by atoms with Crippen molar-refractivity contribution in [2.75, 3.05) is 27.9 Å². The number of rotatable bonds is 8. The molecule has 0 spiro atoms. The lowest BCUT2D eigenvalue weighted by Gasteiger charge is -2.21. The fourth-order valence-corrected chi connectivity index (χ4v) is 2.05. The van der Waals surface area contributed by atoms with Gasteiger partial charge in [0.05, 0.1) is 27.4 Å². The quantitative estimate of drug-likeness (QED) is 0.651. The van der Waals surface area contributed by atoms with Gasteiger partial charge in [0.25, 0.3) is 0 Å². The zero-order chi connectivity index (χ0) is 16.7. The number of aliphatic hydroxyl groups is 2. The number of nitrogens with one attached hydrogen (secondary N) is 1. The maximum absolute atomic E-state index is 10.8. The minimum absolute atomic E-state index is 0.186. The molecule has 0 radical (unpaired) electrons. The molecule has 1 aromatic carbocycles. The normalized spacial score (nSPS) is 13.2. The second kappa shape index (κ2) is 8.45. The van der Waals surface area contributed by atoms with Crippen molar-refractivity contribution in [1.29, 1.82) is 0 Å². The molecule has 3 N–H and O–H groups in total. The molecule has 1 aromatic rings. The summed E-state index contributed by atoms with van der Waals surface area (Å²) in [4.78, 5) is 10.8. The largest absolute Gasteiger partial charge is 0.493 e. The number of carbonyl (C=O) groups is 1. The van der Waals surface area contributed by atoms with Gasteiger partial charge in [-0.05, 0) is 24.1 Å². The Morgan fingerprint density at radius 1 is 1.14 bits per heavy atom. The molecule has 2 unspecified atom stereocenters. The van der Waals surface area contributed by atoms with Crippen LogP contribution in [0.1, 0.15) is 25.0 Å². The summed E-state index contributed by atoms with van der Waals surface area (Å²) in [5.74, 6) is 1.01. The van der Waals surface area contributed by atoms with Gasteiger partial charge in [-0.25, -0.2) is 0 Å². The third-order valence-corrected chi connectivity index (χ3v) is 3.21. The van der Waals surface area contributed by atoms with Crippen LogP contribution in [0.15, 0.2) is 12.1 Å². The summed E-state index contributed by atoms with van der Waals surface area (Å²) in [6.07, 6.45) is -1.95. The van der Waals surface area contributed by atoms with Gasteiger partial charge < -0.3 is 29.7 Å². The third kappa shape index (κ3) is 4.51. The minimum atomic E-state index is -1.14. The van der Waals surface area contributed by atoms with Gasteiger partial charge in [0, 0.05) is 13.5 Å². The molecular weight excluding hydrogens is 290 g/mol. The molecule has 0 bridgehead atoms. The average Bonchev–Trinajstić information content (AvgIpc) is 2.51. The van der Waals surface area contributed by atoms with E-state index >= 15 is 0 Å². The van der Waals surface area contributed by atoms with Crippen LogP contribution in [0.4, 0.5) is 0 Å². The Balaban J connectivity index is 2.92. The van der Waals surface area contributed by atoms with Gasteiger partial charge in [0.1, 0.15) is 6.10 Å². The summed E-state index contributed by atoms with van der Waals surface area (Å²) >= 11 is 0. The highest BCUT2D eigenvalue weighted by Gasteiger charge is 2.22. The number of amides is 1. The molecule has 0 fully saturated rings. The molecule has 7 heteroatoms. The summed E-state index contributed by atoms with van der Waals surface area (Å²) in [6, 6.07) is 3.15. The van der Waals surface area contributed by atoms with Crippen molar-refractivity contribution in [2.45, 2.75) is 25.6 Å². The maximum Gasteiger partial charge on any atom is 0.216 e. The van der Waals surface area contributed by atoms with E-state index < -0.39 is 12.2 Å². The second-order valence-electron chi connectivity index (χ2n) is 4.74. The van der Waals surface area contributed by atoms with Crippen molar-refractivity contribution in [3.05, 3.63) is 17.7 Å². The number of ether oxygens (including phenoxy) is 3. The van der Waals surface area contributed by atoms with Gasteiger partial charge in [-0.3, -0.25) is 4.79 Å². The summed E-state index contributed by atoms with van der Waals surface area (Å²) in [5.41, 5.74) is 0.435. The van der Waals surface area contributed by atoms with E-state index in [1.165, 1.54) is 28.3 Å². The zero-order valence-corrected chi connectivity index (χ0v) is 13.3. The standard InChI is InChI=1S/C15H23NO6/c1-9(17)16-6-5-11(18)14(19)10-7-12(20-2)15(22-4)13(8-10)21-3/h7-8,11,14,18-19H,5-6H2,1-4H3,(H,16,17). The van der Waals surface area contributed by atoms with Crippen LogP contribution in [0.5, 0.6) is 17.2 Å². The molecule has 2 atom stereocenters. The van der Waals surface area contributed by atoms with E-state index in [1.54, 1.807) is 12.1 Å². The molecule has 0 aromatic heterocycles. The number of hydrogen-bond donors (Lipinski definition) is 3. The lowest BCUT2D eigenvalue weighted by molar-refractivity contribution is -0.119. The minimum Gasteiger partial charge on any atom is -0.493 e. The first-order valence-electron chi connectivity index (χ1n) is 6.85. The van der Waals surface area contributed by atoms with Crippen molar-refractivity contribution in [1.82, 2.24) is 5.32 Å². The Morgan fingerprint density at radius 3 is 2.09 bits per heavy atom. The van der Waals surface area contributed by atoms with Crippen molar-refractivity contribution < 1.29 is 29.2 Å². The first-order valence-corrected chi connectivity index (χ1v) is 6.85. The molecule has 0 heterocycles. The van der Waals surface area contributed by atoms with E-state index in [0.29, 0.717) is 22.8 Å². The van der Waals surface area contributed by atoms with Crippen LogP contribution in [0.3, 0.4) is 0 Å². The van der Waals surface area contributed by atoms with E-state index in [9.17, 15) is 15.0 Å². The molecule has 124 valence electrons. The molecular formula is C15H23NO6. The summed E-state index contributed by atoms with van der Waals surface area (Å²) < 4.78 is 15.6. The molecule has 22 heavy (non-hydrogen) atoms. The Bertz CT molecular complexity index is 480. The van der Waals surface area contributed by atoms with Crippen LogP contribution < -0.4 is 19.5 Å². The molecule has 0 saturated heterocycles. The van der Waals surface area contributed by atoms with E-state index in [0.717, 1.165) is 0 Å². The molecule has 1 rings (SSSR count). The first-order chi connectivity index (χ1) is 10.4. The first kappa shape index (κ1) is 18.1. The summed E-state index contributed by atoms with van der Waals surface area (Å²) in [7, 11) is 4.43. The van der Waals surface area contributed by atoms with Crippen LogP contribution in [0.2, 0.25) is 0 Å². The van der Waals surface area contributed by atoms with Crippen molar-refractivity contribution in [3.63, 3.8) is 0 Å². The second-order valence-corrected chi connectivity index (χ2v) is 4.74. The number of carbonyl (C=O) groups excluding carboxylic acids is 1. The molecule has 0 aliphatic heterocycles. The van der Waals surface area contributed by atoms with E-state index in [2.05, 4.69) is 5.32 Å². The molecule has 0 aliphatic rings. The maximum atomic E-state index is 10.8. The lowest BCUT2D eigenvalue weighted by atomic mass is 10.0. The fourth-order valence-electron chi connectivity index (χ4n) is 2.05. The Labute approximate surface area is 129 Å². The van der Waals surface area contributed by atoms with Gasteiger partial charge in [0.15, 0.2) is 11.5 Å². The van der Waals surface area contributed by atoms with Gasteiger partial charge in [-0.15, -0.1) is 0 Å². The van der Waals surface area contributed by atoms with Crippen LogP contribution in [-0.2, 0) is 4.79 Å². The SMILES string of the molecule is COc1cc(C(O)C(O)CCNC(C)=O)cc(OC)c1OC. The fraction of sp³-hybridized carbons (Fsp3) is 0.533. The van der Waals surface area contributed by atoms with Crippen molar-refractivity contribution >= 4 is 5.91 Å². The molecule has 0 aliphatic carbocycles. The number of benzene rings is 1. The highest BCUT2D eigenvalue weighted by atomic mass is 16.5. The number of hydrogen-bond acceptors (Lipinski definition) is 6. The van der Waals surface area contributed by atoms with Crippen molar-refractivity contribution in [3.8, 4) is 17.2 Å². The Hall–Kier alpha value is -1.99. The summed E-state index contributed by atoms with van der Waals surface area (Å²) in [6.45, 7) is 1.67. The van der Waals surface area contributed by atoms with Crippen molar-refractivity contribution in [2.24, 2.45) is 0 Å². The van der Waals surface area contributed by atoms with Gasteiger partial charge in [0.2, 0.25) is 11.7 Å². The van der Waals surface area contributed by atoms with Gasteiger partial charge >= 0.3 is 0 Å². The van der Waals surface area contributed by atoms with E-state index in [1.807, 2.05) is 0 Å². The Morgan fingerprint density at radius 2 is 1.68 bits per heavy atom. The lowest BCUT2D eigenvalue weighted by Crippen LogP contribution is -2.27. The topological polar surface area (TPSA) is 97.2 Å². The molecule has 1 amide bonds. The van der Waals surface area contributed by atoms with Gasteiger partial charge in [-0.1, -0.05) is 0 Å². The third-order valence-electron chi connectivity index (χ3n) is 3.21. The predicted molar refractivity (Wildman–Crippen MR) is 80.4 cm³/mol. The number of methoxy groups -OCH3 is 3. The van der Waals surface area contributed by atoms with Gasteiger partial charge in [-0.2, -0.15) is 0 Å². The summed E-state index contributed by atoms with van der Waals surface area (Å²) in [5, 5.41) is 22.8. The van der Waals surface area contributed by atoms with Crippen LogP contribution in [-0.4, -0.2) is 50.1 Å². The van der Waals surface area contributed by atoms with Crippen LogP contribution in [0, 0.1) is 0 Å². The average molecular weight is 313 g/mol. The van der Waals surface area contributed by atoms with Crippen LogP contribution >= 0.6 is 0 Å². The van der Waals surface area contributed by atoms with Crippen LogP contribution in [0.25, 0.3) is 0 Å². The zero-order valence-electron chi connectivity index (χ0n) is 13.3. The number of aliphatic hydroxyl groups excluding tert-OH is 2. The molecule has 7 nitrogen and oxygen atoms in total. The monoisotopic (exact) mass is 313 g/mol.